The van der Waals surface area contributed by atoms with Crippen LogP contribution in [-0.2, 0) is 21.2 Å². The number of sulfonamides is 1. The first kappa shape index (κ1) is 24.4. The summed E-state index contributed by atoms with van der Waals surface area (Å²) in [7, 11) is -2.54. The second kappa shape index (κ2) is 9.70. The number of amides is 1. The van der Waals surface area contributed by atoms with Gasteiger partial charge in [-0.15, -0.1) is 0 Å². The highest BCUT2D eigenvalue weighted by Crippen LogP contribution is 2.24. The van der Waals surface area contributed by atoms with Crippen LogP contribution >= 0.6 is 0 Å². The van der Waals surface area contributed by atoms with Crippen LogP contribution in [-0.4, -0.2) is 42.8 Å². The lowest BCUT2D eigenvalue weighted by atomic mass is 10.1. The van der Waals surface area contributed by atoms with Gasteiger partial charge in [0.1, 0.15) is 12.7 Å². The molecule has 0 spiro atoms. The molecular formula is C25H30N2O5S. The standard InChI is InChI=1S/C25H30N2O5S/c1-19-11-13-22(14-12-19)33(29,30)27(24(28)32-25(2,3)4)16-15-20-17-23(26(18-20)31-5)21-9-7-6-8-10-21/h6-14,17-18H,15-16H2,1-5H3. The second-order valence-corrected chi connectivity index (χ2v) is 10.6. The number of hydrogen-bond donors (Lipinski definition) is 0. The summed E-state index contributed by atoms with van der Waals surface area (Å²) in [6, 6.07) is 18.0. The van der Waals surface area contributed by atoms with Gasteiger partial charge < -0.3 is 9.57 Å². The molecular weight excluding hydrogens is 440 g/mol. The maximum absolute atomic E-state index is 13.3. The summed E-state index contributed by atoms with van der Waals surface area (Å²) in [5.74, 6) is 0. The topological polar surface area (TPSA) is 77.8 Å². The van der Waals surface area contributed by atoms with Gasteiger partial charge in [0.15, 0.2) is 0 Å². The summed E-state index contributed by atoms with van der Waals surface area (Å²) >= 11 is 0. The van der Waals surface area contributed by atoms with Crippen molar-refractivity contribution in [3.05, 3.63) is 78.0 Å². The molecule has 0 bridgehead atoms. The van der Waals surface area contributed by atoms with E-state index in [4.69, 9.17) is 9.57 Å². The van der Waals surface area contributed by atoms with Gasteiger partial charge in [-0.25, -0.2) is 17.5 Å². The number of aryl methyl sites for hydroxylation is 1. The van der Waals surface area contributed by atoms with Gasteiger partial charge in [0.25, 0.3) is 10.0 Å². The van der Waals surface area contributed by atoms with Crippen LogP contribution in [0.25, 0.3) is 11.3 Å². The van der Waals surface area contributed by atoms with Gasteiger partial charge in [-0.05, 0) is 57.9 Å². The van der Waals surface area contributed by atoms with Gasteiger partial charge in [-0.3, -0.25) is 0 Å². The molecule has 3 rings (SSSR count). The zero-order valence-corrected chi connectivity index (χ0v) is 20.4. The maximum Gasteiger partial charge on any atom is 0.424 e. The third kappa shape index (κ3) is 5.96. The molecule has 0 aliphatic rings. The van der Waals surface area contributed by atoms with Crippen molar-refractivity contribution in [2.24, 2.45) is 0 Å². The van der Waals surface area contributed by atoms with Crippen molar-refractivity contribution in [1.82, 2.24) is 9.04 Å². The van der Waals surface area contributed by atoms with E-state index in [1.54, 1.807) is 50.9 Å². The second-order valence-electron chi connectivity index (χ2n) is 8.73. The Labute approximate surface area is 195 Å². The van der Waals surface area contributed by atoms with Crippen LogP contribution in [0.4, 0.5) is 4.79 Å². The van der Waals surface area contributed by atoms with E-state index in [0.717, 1.165) is 26.7 Å². The molecule has 0 saturated heterocycles. The van der Waals surface area contributed by atoms with Crippen LogP contribution in [0.5, 0.6) is 0 Å². The molecule has 1 heterocycles. The molecule has 7 nitrogen and oxygen atoms in total. The summed E-state index contributed by atoms with van der Waals surface area (Å²) in [4.78, 5) is 18.4. The van der Waals surface area contributed by atoms with Crippen LogP contribution in [0.3, 0.4) is 0 Å². The van der Waals surface area contributed by atoms with Crippen molar-refractivity contribution in [3.63, 3.8) is 0 Å². The summed E-state index contributed by atoms with van der Waals surface area (Å²) in [6.07, 6.45) is 1.17. The minimum atomic E-state index is -4.10. The molecule has 8 heteroatoms. The van der Waals surface area contributed by atoms with E-state index in [1.807, 2.05) is 43.3 Å². The van der Waals surface area contributed by atoms with E-state index in [1.165, 1.54) is 12.1 Å². The zero-order chi connectivity index (χ0) is 24.2. The van der Waals surface area contributed by atoms with E-state index in [2.05, 4.69) is 0 Å². The van der Waals surface area contributed by atoms with Crippen molar-refractivity contribution in [2.45, 2.75) is 44.6 Å². The quantitative estimate of drug-likeness (QED) is 0.501. The van der Waals surface area contributed by atoms with Gasteiger partial charge in [0.2, 0.25) is 0 Å². The molecule has 0 radical (unpaired) electrons. The molecule has 1 aromatic heterocycles. The largest absolute Gasteiger partial charge is 0.443 e. The molecule has 0 fully saturated rings. The Balaban J connectivity index is 1.90. The number of carbonyl (C=O) groups is 1. The number of hydrogen-bond acceptors (Lipinski definition) is 5. The Kier molecular flexibility index (Phi) is 7.17. The Hall–Kier alpha value is -3.26. The maximum atomic E-state index is 13.3. The van der Waals surface area contributed by atoms with Crippen molar-refractivity contribution in [1.29, 1.82) is 0 Å². The van der Waals surface area contributed by atoms with Crippen LogP contribution in [0.1, 0.15) is 31.9 Å². The minimum Gasteiger partial charge on any atom is -0.443 e. The molecule has 0 atom stereocenters. The fraction of sp³-hybridized carbons (Fsp3) is 0.320. The number of aromatic nitrogens is 1. The van der Waals surface area contributed by atoms with E-state index in [9.17, 15) is 13.2 Å². The molecule has 0 unspecified atom stereocenters. The Morgan fingerprint density at radius 2 is 1.67 bits per heavy atom. The monoisotopic (exact) mass is 470 g/mol. The number of benzene rings is 2. The molecule has 0 N–H and O–H groups in total. The molecule has 1 amide bonds. The molecule has 3 aromatic rings. The molecule has 0 aliphatic heterocycles. The van der Waals surface area contributed by atoms with Crippen molar-refractivity contribution in [3.8, 4) is 11.3 Å². The summed E-state index contributed by atoms with van der Waals surface area (Å²) in [5.41, 5.74) is 2.70. The molecule has 0 saturated carbocycles. The van der Waals surface area contributed by atoms with Gasteiger partial charge in [-0.1, -0.05) is 48.0 Å². The number of carbonyl (C=O) groups excluding carboxylic acids is 1. The predicted octanol–water partition coefficient (Wildman–Crippen LogP) is 4.69. The third-order valence-corrected chi connectivity index (χ3v) is 6.70. The lowest BCUT2D eigenvalue weighted by Crippen LogP contribution is -2.41. The van der Waals surface area contributed by atoms with Gasteiger partial charge in [0.05, 0.1) is 10.6 Å². The van der Waals surface area contributed by atoms with E-state index in [0.29, 0.717) is 6.42 Å². The Bertz CT molecular complexity index is 1190. The van der Waals surface area contributed by atoms with Gasteiger partial charge in [0, 0.05) is 18.3 Å². The molecule has 176 valence electrons. The number of ether oxygens (including phenoxy) is 1. The molecule has 33 heavy (non-hydrogen) atoms. The Morgan fingerprint density at radius 1 is 1.03 bits per heavy atom. The summed E-state index contributed by atoms with van der Waals surface area (Å²) in [6.45, 7) is 6.89. The smallest absolute Gasteiger partial charge is 0.424 e. The minimum absolute atomic E-state index is 0.0402. The lowest BCUT2D eigenvalue weighted by molar-refractivity contribution is 0.0392. The normalized spacial score (nSPS) is 11.8. The zero-order valence-electron chi connectivity index (χ0n) is 19.6. The highest BCUT2D eigenvalue weighted by molar-refractivity contribution is 7.89. The van der Waals surface area contributed by atoms with Gasteiger partial charge in [-0.2, -0.15) is 4.73 Å². The van der Waals surface area contributed by atoms with Crippen LogP contribution in [0.2, 0.25) is 0 Å². The van der Waals surface area contributed by atoms with E-state index < -0.39 is 21.7 Å². The van der Waals surface area contributed by atoms with Crippen LogP contribution < -0.4 is 4.84 Å². The SMILES string of the molecule is COn1cc(CCN(C(=O)OC(C)(C)C)S(=O)(=O)c2ccc(C)cc2)cc1-c1ccccc1. The van der Waals surface area contributed by atoms with E-state index in [-0.39, 0.29) is 11.4 Å². The highest BCUT2D eigenvalue weighted by atomic mass is 32.2. The van der Waals surface area contributed by atoms with Crippen LogP contribution in [0, 0.1) is 6.92 Å². The van der Waals surface area contributed by atoms with Crippen molar-refractivity contribution < 1.29 is 22.8 Å². The summed E-state index contributed by atoms with van der Waals surface area (Å²) < 4.78 is 34.5. The first-order chi connectivity index (χ1) is 15.5. The molecule has 0 aliphatic carbocycles. The first-order valence-corrected chi connectivity index (χ1v) is 12.1. The average molecular weight is 471 g/mol. The highest BCUT2D eigenvalue weighted by Gasteiger charge is 2.33. The number of nitrogens with zero attached hydrogens (tertiary/aromatic N) is 2. The summed E-state index contributed by atoms with van der Waals surface area (Å²) in [5, 5.41) is 0. The van der Waals surface area contributed by atoms with Gasteiger partial charge >= 0.3 is 6.09 Å². The van der Waals surface area contributed by atoms with Crippen molar-refractivity contribution >= 4 is 16.1 Å². The fourth-order valence-corrected chi connectivity index (χ4v) is 4.59. The Morgan fingerprint density at radius 3 is 2.24 bits per heavy atom. The van der Waals surface area contributed by atoms with Crippen molar-refractivity contribution in [2.75, 3.05) is 13.7 Å². The predicted molar refractivity (Wildman–Crippen MR) is 127 cm³/mol. The van der Waals surface area contributed by atoms with E-state index >= 15 is 0 Å². The first-order valence-electron chi connectivity index (χ1n) is 10.6. The average Bonchev–Trinajstić information content (AvgIpc) is 3.16. The fourth-order valence-electron chi connectivity index (χ4n) is 3.29. The third-order valence-electron chi connectivity index (χ3n) is 4.92. The molecule has 2 aromatic carbocycles. The lowest BCUT2D eigenvalue weighted by Gasteiger charge is -2.27. The number of rotatable bonds is 7. The van der Waals surface area contributed by atoms with Crippen LogP contribution in [0.15, 0.2) is 71.8 Å².